The molecule has 0 bridgehead atoms. The third kappa shape index (κ3) is 3.10. The molecule has 1 aromatic heterocycles. The molecule has 0 unspecified atom stereocenters. The van der Waals surface area contributed by atoms with Crippen LogP contribution in [0.15, 0.2) is 42.5 Å². The van der Waals surface area contributed by atoms with Crippen LogP contribution < -0.4 is 10.2 Å². The zero-order valence-electron chi connectivity index (χ0n) is 11.3. The molecule has 98 valence electrons. The number of amides is 1. The monoisotopic (exact) mass is 255 g/mol. The van der Waals surface area contributed by atoms with Crippen LogP contribution in [0.2, 0.25) is 0 Å². The van der Waals surface area contributed by atoms with E-state index in [2.05, 4.69) is 10.3 Å². The van der Waals surface area contributed by atoms with Crippen molar-refractivity contribution in [3.63, 3.8) is 0 Å². The van der Waals surface area contributed by atoms with Crippen LogP contribution in [-0.4, -0.2) is 25.0 Å². The van der Waals surface area contributed by atoms with Crippen molar-refractivity contribution in [3.8, 4) is 0 Å². The second-order valence-electron chi connectivity index (χ2n) is 4.53. The van der Waals surface area contributed by atoms with Crippen molar-refractivity contribution in [2.75, 3.05) is 24.3 Å². The van der Waals surface area contributed by atoms with Gasteiger partial charge in [0.05, 0.1) is 11.4 Å². The molecule has 2 rings (SSSR count). The number of anilines is 2. The predicted octanol–water partition coefficient (Wildman–Crippen LogP) is 2.71. The summed E-state index contributed by atoms with van der Waals surface area (Å²) in [4.78, 5) is 18.3. The molecule has 0 aliphatic rings. The van der Waals surface area contributed by atoms with Crippen LogP contribution in [-0.2, 0) is 0 Å². The molecule has 1 N–H and O–H groups in total. The zero-order valence-corrected chi connectivity index (χ0v) is 11.3. The zero-order chi connectivity index (χ0) is 13.8. The van der Waals surface area contributed by atoms with Gasteiger partial charge in [-0.1, -0.05) is 18.2 Å². The molecule has 0 spiro atoms. The molecule has 19 heavy (non-hydrogen) atoms. The number of aryl methyl sites for hydroxylation is 1. The summed E-state index contributed by atoms with van der Waals surface area (Å²) in [5.74, 6) is -0.196. The first-order valence-electron chi connectivity index (χ1n) is 6.09. The van der Waals surface area contributed by atoms with Crippen molar-refractivity contribution in [1.82, 2.24) is 4.98 Å². The van der Waals surface area contributed by atoms with E-state index in [9.17, 15) is 4.79 Å². The largest absolute Gasteiger partial charge is 0.376 e. The third-order valence-electron chi connectivity index (χ3n) is 2.76. The smallest absolute Gasteiger partial charge is 0.274 e. The maximum Gasteiger partial charge on any atom is 0.274 e. The van der Waals surface area contributed by atoms with E-state index in [-0.39, 0.29) is 5.91 Å². The number of carbonyl (C=O) groups is 1. The Morgan fingerprint density at radius 2 is 1.84 bits per heavy atom. The van der Waals surface area contributed by atoms with E-state index in [1.54, 1.807) is 6.07 Å². The number of aromatic nitrogens is 1. The number of para-hydroxylation sites is 2. The maximum absolute atomic E-state index is 12.1. The molecule has 0 aliphatic heterocycles. The minimum atomic E-state index is -0.196. The fraction of sp³-hybridized carbons (Fsp3) is 0.200. The molecule has 1 amide bonds. The minimum absolute atomic E-state index is 0.196. The molecule has 0 fully saturated rings. The van der Waals surface area contributed by atoms with Gasteiger partial charge < -0.3 is 10.2 Å². The molecule has 0 aliphatic carbocycles. The highest BCUT2D eigenvalue weighted by atomic mass is 16.1. The van der Waals surface area contributed by atoms with Crippen LogP contribution in [0.25, 0.3) is 0 Å². The molecule has 2 aromatic rings. The van der Waals surface area contributed by atoms with Gasteiger partial charge in [-0.2, -0.15) is 0 Å². The Hall–Kier alpha value is -2.36. The van der Waals surface area contributed by atoms with Gasteiger partial charge in [-0.15, -0.1) is 0 Å². The Morgan fingerprint density at radius 3 is 2.53 bits per heavy atom. The lowest BCUT2D eigenvalue weighted by Gasteiger charge is -2.17. The van der Waals surface area contributed by atoms with Gasteiger partial charge in [-0.3, -0.25) is 4.79 Å². The molecule has 1 heterocycles. The Bertz CT molecular complexity index is 593. The van der Waals surface area contributed by atoms with Crippen LogP contribution in [0.3, 0.4) is 0 Å². The molecule has 0 saturated carbocycles. The summed E-state index contributed by atoms with van der Waals surface area (Å²) in [6, 6.07) is 13.1. The maximum atomic E-state index is 12.1. The second kappa shape index (κ2) is 5.52. The van der Waals surface area contributed by atoms with Crippen molar-refractivity contribution < 1.29 is 4.79 Å². The van der Waals surface area contributed by atoms with Crippen LogP contribution in [0.4, 0.5) is 11.4 Å². The lowest BCUT2D eigenvalue weighted by Crippen LogP contribution is -2.17. The summed E-state index contributed by atoms with van der Waals surface area (Å²) in [5.41, 5.74) is 2.99. The molecule has 0 radical (unpaired) electrons. The molecule has 4 nitrogen and oxygen atoms in total. The highest BCUT2D eigenvalue weighted by molar-refractivity contribution is 6.04. The predicted molar refractivity (Wildman–Crippen MR) is 77.7 cm³/mol. The molecular weight excluding hydrogens is 238 g/mol. The number of hydrogen-bond acceptors (Lipinski definition) is 3. The SMILES string of the molecule is Cc1cccc(C(=O)Nc2ccccc2N(C)C)n1. The van der Waals surface area contributed by atoms with Crippen molar-refractivity contribution in [2.45, 2.75) is 6.92 Å². The van der Waals surface area contributed by atoms with Gasteiger partial charge in [-0.25, -0.2) is 4.98 Å². The number of benzene rings is 1. The summed E-state index contributed by atoms with van der Waals surface area (Å²) >= 11 is 0. The summed E-state index contributed by atoms with van der Waals surface area (Å²) in [5, 5.41) is 2.89. The lowest BCUT2D eigenvalue weighted by atomic mass is 10.2. The van der Waals surface area contributed by atoms with E-state index in [0.29, 0.717) is 5.69 Å². The molecular formula is C15H17N3O. The van der Waals surface area contributed by atoms with E-state index >= 15 is 0 Å². The van der Waals surface area contributed by atoms with Gasteiger partial charge in [-0.05, 0) is 31.2 Å². The first-order valence-corrected chi connectivity index (χ1v) is 6.09. The lowest BCUT2D eigenvalue weighted by molar-refractivity contribution is 0.102. The van der Waals surface area contributed by atoms with Crippen LogP contribution >= 0.6 is 0 Å². The van der Waals surface area contributed by atoms with Crippen molar-refractivity contribution in [2.24, 2.45) is 0 Å². The van der Waals surface area contributed by atoms with Crippen molar-refractivity contribution in [1.29, 1.82) is 0 Å². The van der Waals surface area contributed by atoms with Crippen molar-refractivity contribution >= 4 is 17.3 Å². The minimum Gasteiger partial charge on any atom is -0.376 e. The van der Waals surface area contributed by atoms with Crippen LogP contribution in [0, 0.1) is 6.92 Å². The van der Waals surface area contributed by atoms with Crippen molar-refractivity contribution in [3.05, 3.63) is 53.9 Å². The Balaban J connectivity index is 2.24. The number of carbonyl (C=O) groups excluding carboxylic acids is 1. The standard InChI is InChI=1S/C15H17N3O/c1-11-7-6-9-13(16-11)15(19)17-12-8-4-5-10-14(12)18(2)3/h4-10H,1-3H3,(H,17,19). The summed E-state index contributed by atoms with van der Waals surface area (Å²) < 4.78 is 0. The van der Waals surface area contributed by atoms with E-state index in [4.69, 9.17) is 0 Å². The molecule has 0 saturated heterocycles. The second-order valence-corrected chi connectivity index (χ2v) is 4.53. The normalized spacial score (nSPS) is 10.1. The van der Waals surface area contributed by atoms with Crippen LogP contribution in [0.1, 0.15) is 16.2 Å². The van der Waals surface area contributed by atoms with E-state index < -0.39 is 0 Å². The highest BCUT2D eigenvalue weighted by Gasteiger charge is 2.10. The number of nitrogens with zero attached hydrogens (tertiary/aromatic N) is 2. The van der Waals surface area contributed by atoms with Gasteiger partial charge in [0.1, 0.15) is 5.69 Å². The van der Waals surface area contributed by atoms with Gasteiger partial charge in [0.25, 0.3) is 5.91 Å². The topological polar surface area (TPSA) is 45.2 Å². The van der Waals surface area contributed by atoms with Gasteiger partial charge in [0.2, 0.25) is 0 Å². The van der Waals surface area contributed by atoms with E-state index in [1.165, 1.54) is 0 Å². The highest BCUT2D eigenvalue weighted by Crippen LogP contribution is 2.23. The number of pyridine rings is 1. The van der Waals surface area contributed by atoms with Gasteiger partial charge in [0, 0.05) is 19.8 Å². The van der Waals surface area contributed by atoms with Gasteiger partial charge >= 0.3 is 0 Å². The fourth-order valence-corrected chi connectivity index (χ4v) is 1.83. The quantitative estimate of drug-likeness (QED) is 0.917. The Kier molecular flexibility index (Phi) is 3.80. The first-order chi connectivity index (χ1) is 9.08. The molecule has 4 heteroatoms. The molecule has 1 aromatic carbocycles. The Labute approximate surface area is 113 Å². The summed E-state index contributed by atoms with van der Waals surface area (Å²) in [6.45, 7) is 1.87. The average molecular weight is 255 g/mol. The van der Waals surface area contributed by atoms with Gasteiger partial charge in [0.15, 0.2) is 0 Å². The summed E-state index contributed by atoms with van der Waals surface area (Å²) in [6.07, 6.45) is 0. The average Bonchev–Trinajstić information content (AvgIpc) is 2.39. The number of rotatable bonds is 3. The fourth-order valence-electron chi connectivity index (χ4n) is 1.83. The number of nitrogens with one attached hydrogen (secondary N) is 1. The Morgan fingerprint density at radius 1 is 1.11 bits per heavy atom. The van der Waals surface area contributed by atoms with E-state index in [1.807, 2.05) is 62.3 Å². The van der Waals surface area contributed by atoms with Crippen LogP contribution in [0.5, 0.6) is 0 Å². The van der Waals surface area contributed by atoms with E-state index in [0.717, 1.165) is 17.1 Å². The number of hydrogen-bond donors (Lipinski definition) is 1. The third-order valence-corrected chi connectivity index (χ3v) is 2.76. The summed E-state index contributed by atoms with van der Waals surface area (Å²) in [7, 11) is 3.88. The molecule has 0 atom stereocenters. The first kappa shape index (κ1) is 13.1.